The highest BCUT2D eigenvalue weighted by Crippen LogP contribution is 2.30. The molecule has 1 saturated heterocycles. The topological polar surface area (TPSA) is 86.4 Å². The summed E-state index contributed by atoms with van der Waals surface area (Å²) >= 11 is 0. The highest BCUT2D eigenvalue weighted by molar-refractivity contribution is 5.95. The van der Waals surface area contributed by atoms with Gasteiger partial charge in [-0.25, -0.2) is 9.97 Å². The molecule has 7 heteroatoms. The standard InChI is InChI=1S/C24H23N7/c1-2-9-31(10-3-1)15-16-11-18(14-25-13-16)17-6-7-20-19(12-17)22(30-29-20)24-27-21-5-4-8-26-23(21)28-24/h4-8,11-14H,1-3,9-10,15H2,(H,29,30)(H,26,27,28). The zero-order valence-corrected chi connectivity index (χ0v) is 17.2. The van der Waals surface area contributed by atoms with Gasteiger partial charge in [0.2, 0.25) is 0 Å². The largest absolute Gasteiger partial charge is 0.335 e. The van der Waals surface area contributed by atoms with Crippen LogP contribution in [-0.2, 0) is 6.54 Å². The Kier molecular flexibility index (Phi) is 4.46. The van der Waals surface area contributed by atoms with E-state index in [1.807, 2.05) is 24.5 Å². The lowest BCUT2D eigenvalue weighted by molar-refractivity contribution is 0.220. The van der Waals surface area contributed by atoms with E-state index in [1.54, 1.807) is 6.20 Å². The maximum Gasteiger partial charge on any atom is 0.178 e. The first-order valence-corrected chi connectivity index (χ1v) is 10.8. The van der Waals surface area contributed by atoms with Crippen molar-refractivity contribution in [1.82, 2.24) is 35.0 Å². The number of piperidine rings is 1. The molecule has 7 nitrogen and oxygen atoms in total. The van der Waals surface area contributed by atoms with Crippen LogP contribution < -0.4 is 0 Å². The number of hydrogen-bond acceptors (Lipinski definition) is 5. The zero-order chi connectivity index (χ0) is 20.6. The summed E-state index contributed by atoms with van der Waals surface area (Å²) in [5, 5.41) is 8.67. The van der Waals surface area contributed by atoms with Crippen molar-refractivity contribution in [2.45, 2.75) is 25.8 Å². The normalized spacial score (nSPS) is 15.1. The van der Waals surface area contributed by atoms with Gasteiger partial charge in [0.25, 0.3) is 0 Å². The smallest absolute Gasteiger partial charge is 0.178 e. The van der Waals surface area contributed by atoms with Crippen LogP contribution in [0.5, 0.6) is 0 Å². The molecule has 6 rings (SSSR count). The number of aromatic amines is 2. The molecule has 0 aliphatic carbocycles. The fourth-order valence-electron chi connectivity index (χ4n) is 4.44. The monoisotopic (exact) mass is 409 g/mol. The van der Waals surface area contributed by atoms with Gasteiger partial charge in [0, 0.05) is 36.1 Å². The van der Waals surface area contributed by atoms with Crippen molar-refractivity contribution >= 4 is 22.1 Å². The summed E-state index contributed by atoms with van der Waals surface area (Å²) in [6.07, 6.45) is 9.61. The molecule has 31 heavy (non-hydrogen) atoms. The lowest BCUT2D eigenvalue weighted by atomic mass is 10.0. The Balaban J connectivity index is 1.36. The molecule has 0 bridgehead atoms. The SMILES string of the molecule is c1cnc2nc(-c3n[nH]c4ccc(-c5cncc(CN6CCCCC6)c5)cc34)[nH]c2c1. The van der Waals surface area contributed by atoms with E-state index in [9.17, 15) is 0 Å². The van der Waals surface area contributed by atoms with Gasteiger partial charge in [-0.2, -0.15) is 5.10 Å². The van der Waals surface area contributed by atoms with E-state index >= 15 is 0 Å². The minimum absolute atomic E-state index is 0.694. The predicted molar refractivity (Wildman–Crippen MR) is 121 cm³/mol. The minimum Gasteiger partial charge on any atom is -0.335 e. The predicted octanol–water partition coefficient (Wildman–Crippen LogP) is 4.55. The van der Waals surface area contributed by atoms with Gasteiger partial charge in [-0.1, -0.05) is 12.5 Å². The number of fused-ring (bicyclic) bond motifs is 2. The molecular formula is C24H23N7. The van der Waals surface area contributed by atoms with Crippen molar-refractivity contribution in [2.75, 3.05) is 13.1 Å². The van der Waals surface area contributed by atoms with Gasteiger partial charge in [0.15, 0.2) is 11.5 Å². The number of imidazole rings is 1. The number of aromatic nitrogens is 6. The van der Waals surface area contributed by atoms with E-state index in [-0.39, 0.29) is 0 Å². The van der Waals surface area contributed by atoms with Gasteiger partial charge in [-0.3, -0.25) is 15.0 Å². The lowest BCUT2D eigenvalue weighted by Gasteiger charge is -2.26. The fourth-order valence-corrected chi connectivity index (χ4v) is 4.44. The van der Waals surface area contributed by atoms with Gasteiger partial charge in [-0.05, 0) is 67.4 Å². The van der Waals surface area contributed by atoms with Crippen molar-refractivity contribution in [3.63, 3.8) is 0 Å². The number of likely N-dealkylation sites (tertiary alicyclic amines) is 1. The molecule has 0 amide bonds. The van der Waals surface area contributed by atoms with Crippen molar-refractivity contribution < 1.29 is 0 Å². The van der Waals surface area contributed by atoms with Crippen LogP contribution in [0.4, 0.5) is 0 Å². The molecule has 1 fully saturated rings. The van der Waals surface area contributed by atoms with Gasteiger partial charge in [0.1, 0.15) is 5.69 Å². The van der Waals surface area contributed by atoms with Gasteiger partial charge >= 0.3 is 0 Å². The first-order valence-electron chi connectivity index (χ1n) is 10.8. The first kappa shape index (κ1) is 18.2. The van der Waals surface area contributed by atoms with Crippen molar-refractivity contribution in [3.05, 3.63) is 60.6 Å². The number of H-pyrrole nitrogens is 2. The van der Waals surface area contributed by atoms with Gasteiger partial charge < -0.3 is 4.98 Å². The summed E-state index contributed by atoms with van der Waals surface area (Å²) in [6.45, 7) is 3.33. The van der Waals surface area contributed by atoms with E-state index in [4.69, 9.17) is 0 Å². The molecule has 154 valence electrons. The highest BCUT2D eigenvalue weighted by atomic mass is 15.1. The quantitative estimate of drug-likeness (QED) is 0.455. The first-order chi connectivity index (χ1) is 15.3. The molecule has 1 aromatic carbocycles. The Hall–Kier alpha value is -3.58. The Morgan fingerprint density at radius 2 is 1.87 bits per heavy atom. The average molecular weight is 409 g/mol. The second-order valence-corrected chi connectivity index (χ2v) is 8.21. The zero-order valence-electron chi connectivity index (χ0n) is 17.2. The van der Waals surface area contributed by atoms with Crippen LogP contribution in [0, 0.1) is 0 Å². The molecule has 0 unspecified atom stereocenters. The molecule has 0 atom stereocenters. The van der Waals surface area contributed by atoms with Crippen LogP contribution in [-0.4, -0.2) is 48.1 Å². The summed E-state index contributed by atoms with van der Waals surface area (Å²) in [7, 11) is 0. The summed E-state index contributed by atoms with van der Waals surface area (Å²) < 4.78 is 0. The number of benzene rings is 1. The minimum atomic E-state index is 0.694. The van der Waals surface area contributed by atoms with E-state index < -0.39 is 0 Å². The Morgan fingerprint density at radius 1 is 0.935 bits per heavy atom. The second-order valence-electron chi connectivity index (χ2n) is 8.21. The molecule has 5 heterocycles. The van der Waals surface area contributed by atoms with Crippen LogP contribution in [0.15, 0.2) is 55.0 Å². The Morgan fingerprint density at radius 3 is 2.77 bits per heavy atom. The lowest BCUT2D eigenvalue weighted by Crippen LogP contribution is -2.29. The molecule has 0 radical (unpaired) electrons. The van der Waals surface area contributed by atoms with Crippen LogP contribution >= 0.6 is 0 Å². The third-order valence-electron chi connectivity index (χ3n) is 6.03. The van der Waals surface area contributed by atoms with Crippen molar-refractivity contribution in [2.24, 2.45) is 0 Å². The van der Waals surface area contributed by atoms with Crippen LogP contribution in [0.1, 0.15) is 24.8 Å². The fraction of sp³-hybridized carbons (Fsp3) is 0.250. The van der Waals surface area contributed by atoms with Crippen molar-refractivity contribution in [1.29, 1.82) is 0 Å². The van der Waals surface area contributed by atoms with Crippen LogP contribution in [0.25, 0.3) is 44.7 Å². The molecule has 1 aliphatic rings. The molecule has 2 N–H and O–H groups in total. The average Bonchev–Trinajstić information content (AvgIpc) is 3.43. The molecule has 4 aromatic heterocycles. The molecular weight excluding hydrogens is 386 g/mol. The number of nitrogens with one attached hydrogen (secondary N) is 2. The van der Waals surface area contributed by atoms with E-state index in [0.717, 1.165) is 39.8 Å². The van der Waals surface area contributed by atoms with Crippen LogP contribution in [0.2, 0.25) is 0 Å². The van der Waals surface area contributed by atoms with E-state index in [2.05, 4.69) is 59.3 Å². The van der Waals surface area contributed by atoms with Crippen molar-refractivity contribution in [3.8, 4) is 22.6 Å². The summed E-state index contributed by atoms with van der Waals surface area (Å²) in [4.78, 5) is 19.3. The van der Waals surface area contributed by atoms with Crippen LogP contribution in [0.3, 0.4) is 0 Å². The van der Waals surface area contributed by atoms with Gasteiger partial charge in [0.05, 0.1) is 11.0 Å². The van der Waals surface area contributed by atoms with E-state index in [0.29, 0.717) is 11.5 Å². The number of hydrogen-bond donors (Lipinski definition) is 2. The summed E-state index contributed by atoms with van der Waals surface area (Å²) in [5.41, 5.74) is 6.87. The number of pyridine rings is 2. The number of nitrogens with zero attached hydrogens (tertiary/aromatic N) is 5. The van der Waals surface area contributed by atoms with E-state index in [1.165, 1.54) is 37.9 Å². The maximum atomic E-state index is 4.62. The summed E-state index contributed by atoms with van der Waals surface area (Å²) in [6, 6.07) is 12.5. The molecule has 0 spiro atoms. The maximum absolute atomic E-state index is 4.62. The third kappa shape index (κ3) is 3.47. The van der Waals surface area contributed by atoms with Gasteiger partial charge in [-0.15, -0.1) is 0 Å². The second kappa shape index (κ2) is 7.59. The highest BCUT2D eigenvalue weighted by Gasteiger charge is 2.15. The molecule has 5 aromatic rings. The summed E-state index contributed by atoms with van der Waals surface area (Å²) in [5.74, 6) is 0.717. The molecule has 0 saturated carbocycles. The third-order valence-corrected chi connectivity index (χ3v) is 6.03. The Bertz CT molecular complexity index is 1330. The number of rotatable bonds is 4. The Labute approximate surface area is 179 Å². The molecule has 1 aliphatic heterocycles.